The predicted molar refractivity (Wildman–Crippen MR) is 44.0 cm³/mol. The van der Waals surface area contributed by atoms with Crippen molar-refractivity contribution in [3.8, 4) is 0 Å². The highest BCUT2D eigenvalue weighted by Crippen LogP contribution is 1.91. The van der Waals surface area contributed by atoms with Gasteiger partial charge in [0.2, 0.25) is 5.91 Å². The average Bonchev–Trinajstić information content (AvgIpc) is 1.98. The van der Waals surface area contributed by atoms with Crippen molar-refractivity contribution in [2.45, 2.75) is 6.42 Å². The topological polar surface area (TPSA) is 60.9 Å². The van der Waals surface area contributed by atoms with Crippen LogP contribution in [0.4, 0.5) is 4.79 Å². The molecule has 0 aromatic rings. The minimum Gasteiger partial charge on any atom is -0.465 e. The quantitative estimate of drug-likeness (QED) is 0.658. The normalized spacial score (nSPS) is 9.25. The molecule has 0 aromatic carbocycles. The maximum Gasteiger partial charge on any atom is 0.407 e. The van der Waals surface area contributed by atoms with Gasteiger partial charge in [-0.2, -0.15) is 0 Å². The van der Waals surface area contributed by atoms with E-state index in [2.05, 4.69) is 0 Å². The number of carbonyl (C=O) groups excluding carboxylic acids is 1. The fourth-order valence-corrected chi connectivity index (χ4v) is 0.583. The van der Waals surface area contributed by atoms with Gasteiger partial charge >= 0.3 is 6.09 Å². The number of nitrogens with zero attached hydrogens (tertiary/aromatic N) is 2. The molecule has 0 aromatic heterocycles. The van der Waals surface area contributed by atoms with Crippen LogP contribution in [0.25, 0.3) is 0 Å². The fourth-order valence-electron chi connectivity index (χ4n) is 0.583. The molecule has 0 aliphatic heterocycles. The second-order valence-corrected chi connectivity index (χ2v) is 2.74. The van der Waals surface area contributed by atoms with Crippen molar-refractivity contribution < 1.29 is 14.7 Å². The first-order valence-electron chi connectivity index (χ1n) is 3.59. The summed E-state index contributed by atoms with van der Waals surface area (Å²) in [6.07, 6.45) is -0.781. The molecule has 12 heavy (non-hydrogen) atoms. The summed E-state index contributed by atoms with van der Waals surface area (Å²) in [7, 11) is 4.72. The molecule has 0 saturated heterocycles. The number of amides is 2. The molecule has 5 nitrogen and oxygen atoms in total. The predicted octanol–water partition coefficient (Wildman–Crippen LogP) is 0.0745. The smallest absolute Gasteiger partial charge is 0.407 e. The zero-order valence-electron chi connectivity index (χ0n) is 7.57. The summed E-state index contributed by atoms with van der Waals surface area (Å²) < 4.78 is 0. The van der Waals surface area contributed by atoms with Crippen LogP contribution >= 0.6 is 0 Å². The standard InChI is InChI=1S/C7H14N2O3/c1-8(2)6(10)4-5-9(3)7(11)12/h4-5H2,1-3H3,(H,11,12). The molecule has 2 amide bonds. The third-order valence-corrected chi connectivity index (χ3v) is 1.49. The van der Waals surface area contributed by atoms with Crippen molar-refractivity contribution in [3.63, 3.8) is 0 Å². The van der Waals surface area contributed by atoms with Crippen molar-refractivity contribution in [1.82, 2.24) is 9.80 Å². The van der Waals surface area contributed by atoms with Crippen molar-refractivity contribution in [2.24, 2.45) is 0 Å². The summed E-state index contributed by atoms with van der Waals surface area (Å²) in [4.78, 5) is 23.8. The molecule has 0 fully saturated rings. The van der Waals surface area contributed by atoms with E-state index in [1.165, 1.54) is 11.9 Å². The maximum atomic E-state index is 11.0. The molecule has 0 atom stereocenters. The van der Waals surface area contributed by atoms with E-state index < -0.39 is 6.09 Å². The molecule has 0 saturated carbocycles. The molecule has 0 radical (unpaired) electrons. The lowest BCUT2D eigenvalue weighted by molar-refractivity contribution is -0.128. The van der Waals surface area contributed by atoms with Crippen molar-refractivity contribution in [2.75, 3.05) is 27.7 Å². The highest BCUT2D eigenvalue weighted by atomic mass is 16.4. The van der Waals surface area contributed by atoms with Gasteiger partial charge in [-0.15, -0.1) is 0 Å². The zero-order chi connectivity index (χ0) is 9.72. The lowest BCUT2D eigenvalue weighted by atomic mass is 10.3. The number of carbonyl (C=O) groups is 2. The Morgan fingerprint density at radius 2 is 1.75 bits per heavy atom. The Bertz CT molecular complexity index is 179. The van der Waals surface area contributed by atoms with E-state index in [0.717, 1.165) is 4.90 Å². The van der Waals surface area contributed by atoms with Gasteiger partial charge in [0.05, 0.1) is 0 Å². The third-order valence-electron chi connectivity index (χ3n) is 1.49. The van der Waals surface area contributed by atoms with Crippen molar-refractivity contribution in [1.29, 1.82) is 0 Å². The first-order valence-corrected chi connectivity index (χ1v) is 3.59. The van der Waals surface area contributed by atoms with Crippen LogP contribution in [0.15, 0.2) is 0 Å². The van der Waals surface area contributed by atoms with Crippen LogP contribution < -0.4 is 0 Å². The lowest BCUT2D eigenvalue weighted by Crippen LogP contribution is -2.30. The number of hydrogen-bond acceptors (Lipinski definition) is 2. The Kier molecular flexibility index (Phi) is 4.10. The largest absolute Gasteiger partial charge is 0.465 e. The van der Waals surface area contributed by atoms with E-state index in [1.807, 2.05) is 0 Å². The first kappa shape index (κ1) is 10.7. The highest BCUT2D eigenvalue weighted by molar-refractivity contribution is 5.76. The molecular formula is C7H14N2O3. The minimum atomic E-state index is -1.01. The number of rotatable bonds is 3. The average molecular weight is 174 g/mol. The molecule has 0 rings (SSSR count). The van der Waals surface area contributed by atoms with Gasteiger partial charge in [0.25, 0.3) is 0 Å². The van der Waals surface area contributed by atoms with E-state index in [9.17, 15) is 9.59 Å². The SMILES string of the molecule is CN(C)C(=O)CCN(C)C(=O)O. The van der Waals surface area contributed by atoms with Crippen LogP contribution in [0.1, 0.15) is 6.42 Å². The molecule has 0 heterocycles. The second-order valence-electron chi connectivity index (χ2n) is 2.74. The molecule has 5 heteroatoms. The van der Waals surface area contributed by atoms with Crippen LogP contribution in [0.5, 0.6) is 0 Å². The van der Waals surface area contributed by atoms with Crippen LogP contribution in [0.3, 0.4) is 0 Å². The lowest BCUT2D eigenvalue weighted by Gasteiger charge is -2.14. The molecule has 0 unspecified atom stereocenters. The number of hydrogen-bond donors (Lipinski definition) is 1. The van der Waals surface area contributed by atoms with Gasteiger partial charge in [0, 0.05) is 34.1 Å². The maximum absolute atomic E-state index is 11.0. The third kappa shape index (κ3) is 3.80. The number of carboxylic acid groups (broad SMARTS) is 1. The van der Waals surface area contributed by atoms with Crippen LogP contribution in [-0.4, -0.2) is 54.6 Å². The van der Waals surface area contributed by atoms with Crippen LogP contribution in [0, 0.1) is 0 Å². The van der Waals surface area contributed by atoms with Gasteiger partial charge in [-0.1, -0.05) is 0 Å². The Balaban J connectivity index is 3.69. The fraction of sp³-hybridized carbons (Fsp3) is 0.714. The molecule has 0 aliphatic rings. The van der Waals surface area contributed by atoms with Crippen molar-refractivity contribution >= 4 is 12.0 Å². The Labute approximate surface area is 71.6 Å². The van der Waals surface area contributed by atoms with E-state index in [0.29, 0.717) is 0 Å². The van der Waals surface area contributed by atoms with Crippen LogP contribution in [-0.2, 0) is 4.79 Å². The van der Waals surface area contributed by atoms with Gasteiger partial charge in [-0.05, 0) is 0 Å². The first-order chi connectivity index (χ1) is 5.45. The Hall–Kier alpha value is -1.26. The summed E-state index contributed by atoms with van der Waals surface area (Å²) >= 11 is 0. The second kappa shape index (κ2) is 4.58. The Morgan fingerprint density at radius 3 is 2.08 bits per heavy atom. The van der Waals surface area contributed by atoms with Crippen LogP contribution in [0.2, 0.25) is 0 Å². The van der Waals surface area contributed by atoms with Gasteiger partial charge < -0.3 is 14.9 Å². The monoisotopic (exact) mass is 174 g/mol. The van der Waals surface area contributed by atoms with Gasteiger partial charge in [-0.25, -0.2) is 4.79 Å². The van der Waals surface area contributed by atoms with E-state index in [-0.39, 0.29) is 18.9 Å². The van der Waals surface area contributed by atoms with Gasteiger partial charge in [0.1, 0.15) is 0 Å². The minimum absolute atomic E-state index is 0.0666. The summed E-state index contributed by atoms with van der Waals surface area (Å²) in [5, 5.41) is 8.43. The molecule has 0 spiro atoms. The summed E-state index contributed by atoms with van der Waals surface area (Å²) in [5.41, 5.74) is 0. The van der Waals surface area contributed by atoms with Gasteiger partial charge in [0.15, 0.2) is 0 Å². The summed E-state index contributed by atoms with van der Waals surface area (Å²) in [5.74, 6) is -0.0666. The summed E-state index contributed by atoms with van der Waals surface area (Å²) in [6, 6.07) is 0. The van der Waals surface area contributed by atoms with Crippen molar-refractivity contribution in [3.05, 3.63) is 0 Å². The van der Waals surface area contributed by atoms with Gasteiger partial charge in [-0.3, -0.25) is 4.79 Å². The summed E-state index contributed by atoms with van der Waals surface area (Å²) in [6.45, 7) is 0.242. The highest BCUT2D eigenvalue weighted by Gasteiger charge is 2.09. The van der Waals surface area contributed by atoms with E-state index in [4.69, 9.17) is 5.11 Å². The molecule has 0 bridgehead atoms. The van der Waals surface area contributed by atoms with E-state index >= 15 is 0 Å². The molecule has 0 aliphatic carbocycles. The molecular weight excluding hydrogens is 160 g/mol. The molecule has 70 valence electrons. The Morgan fingerprint density at radius 1 is 1.25 bits per heavy atom. The molecule has 1 N–H and O–H groups in total. The zero-order valence-corrected chi connectivity index (χ0v) is 7.57. The van der Waals surface area contributed by atoms with E-state index in [1.54, 1.807) is 14.1 Å².